The van der Waals surface area contributed by atoms with Crippen molar-refractivity contribution in [3.63, 3.8) is 0 Å². The molecule has 0 aliphatic heterocycles. The van der Waals surface area contributed by atoms with Crippen molar-refractivity contribution in [2.75, 3.05) is 13.1 Å². The summed E-state index contributed by atoms with van der Waals surface area (Å²) in [5.74, 6) is 1.84. The first-order valence-corrected chi connectivity index (χ1v) is 7.45. The Labute approximate surface area is 105 Å². The molecule has 3 N–H and O–H groups in total. The summed E-state index contributed by atoms with van der Waals surface area (Å²) < 4.78 is 0. The summed E-state index contributed by atoms with van der Waals surface area (Å²) in [6, 6.07) is 0. The van der Waals surface area contributed by atoms with E-state index in [0.29, 0.717) is 5.54 Å². The second kappa shape index (κ2) is 4.74. The van der Waals surface area contributed by atoms with Crippen LogP contribution in [0.15, 0.2) is 11.6 Å². The van der Waals surface area contributed by atoms with E-state index in [0.717, 1.165) is 24.9 Å². The van der Waals surface area contributed by atoms with Gasteiger partial charge in [0.25, 0.3) is 0 Å². The molecule has 3 unspecified atom stereocenters. The molecule has 96 valence electrons. The van der Waals surface area contributed by atoms with E-state index in [9.17, 15) is 0 Å². The minimum Gasteiger partial charge on any atom is -0.329 e. The molecule has 0 aromatic rings. The molecule has 17 heavy (non-hydrogen) atoms. The molecule has 2 fully saturated rings. The average molecular weight is 234 g/mol. The zero-order valence-corrected chi connectivity index (χ0v) is 10.9. The van der Waals surface area contributed by atoms with Gasteiger partial charge in [-0.15, -0.1) is 0 Å². The van der Waals surface area contributed by atoms with Gasteiger partial charge in [0.15, 0.2) is 0 Å². The topological polar surface area (TPSA) is 38.0 Å². The summed E-state index contributed by atoms with van der Waals surface area (Å²) in [7, 11) is 0. The first kappa shape index (κ1) is 11.7. The Bertz CT molecular complexity index is 310. The van der Waals surface area contributed by atoms with E-state index in [1.165, 1.54) is 51.4 Å². The van der Waals surface area contributed by atoms with Gasteiger partial charge in [0.2, 0.25) is 0 Å². The van der Waals surface area contributed by atoms with Gasteiger partial charge in [-0.3, -0.25) is 0 Å². The van der Waals surface area contributed by atoms with Crippen LogP contribution in [0.3, 0.4) is 0 Å². The van der Waals surface area contributed by atoms with Gasteiger partial charge in [-0.1, -0.05) is 18.1 Å². The zero-order valence-electron chi connectivity index (χ0n) is 10.9. The average Bonchev–Trinajstić information content (AvgIpc) is 3.04. The Balaban J connectivity index is 1.52. The van der Waals surface area contributed by atoms with Crippen LogP contribution >= 0.6 is 0 Å². The Morgan fingerprint density at radius 2 is 2.35 bits per heavy atom. The van der Waals surface area contributed by atoms with Crippen LogP contribution in [0.25, 0.3) is 0 Å². The van der Waals surface area contributed by atoms with Crippen LogP contribution in [0.2, 0.25) is 0 Å². The molecule has 3 aliphatic rings. The lowest BCUT2D eigenvalue weighted by atomic mass is 9.81. The number of hydrogen-bond donors (Lipinski definition) is 2. The van der Waals surface area contributed by atoms with E-state index < -0.39 is 0 Å². The summed E-state index contributed by atoms with van der Waals surface area (Å²) in [5.41, 5.74) is 8.05. The molecule has 2 heteroatoms. The molecule has 3 aliphatic carbocycles. The highest BCUT2D eigenvalue weighted by Crippen LogP contribution is 2.50. The fourth-order valence-corrected chi connectivity index (χ4v) is 4.42. The normalized spacial score (nSPS) is 39.9. The third-order valence-corrected chi connectivity index (χ3v) is 5.40. The van der Waals surface area contributed by atoms with Crippen LogP contribution in [0.4, 0.5) is 0 Å². The maximum absolute atomic E-state index is 6.07. The maximum atomic E-state index is 6.07. The Morgan fingerprint density at radius 1 is 1.41 bits per heavy atom. The Kier molecular flexibility index (Phi) is 3.27. The third-order valence-electron chi connectivity index (χ3n) is 5.40. The minimum absolute atomic E-state index is 0.308. The zero-order chi connectivity index (χ0) is 11.7. The van der Waals surface area contributed by atoms with Crippen molar-refractivity contribution in [3.05, 3.63) is 11.6 Å². The van der Waals surface area contributed by atoms with Crippen molar-refractivity contribution in [2.24, 2.45) is 17.6 Å². The second-order valence-electron chi connectivity index (χ2n) is 6.37. The second-order valence-corrected chi connectivity index (χ2v) is 6.37. The Hall–Kier alpha value is -0.340. The Morgan fingerprint density at radius 3 is 2.94 bits per heavy atom. The number of hydrogen-bond acceptors (Lipinski definition) is 2. The van der Waals surface area contributed by atoms with Crippen LogP contribution in [-0.2, 0) is 0 Å². The lowest BCUT2D eigenvalue weighted by molar-refractivity contribution is 0.217. The molecule has 0 saturated heterocycles. The number of nitrogens with two attached hydrogens (primary N) is 1. The predicted octanol–water partition coefficient (Wildman–Crippen LogP) is 2.59. The van der Waals surface area contributed by atoms with E-state index in [2.05, 4.69) is 11.4 Å². The van der Waals surface area contributed by atoms with Gasteiger partial charge in [0.05, 0.1) is 0 Å². The van der Waals surface area contributed by atoms with Gasteiger partial charge >= 0.3 is 0 Å². The SMILES string of the molecule is NCC1(NCCC2=CCCC2)CC2CCC1C2. The van der Waals surface area contributed by atoms with Crippen LogP contribution in [0.5, 0.6) is 0 Å². The van der Waals surface area contributed by atoms with E-state index in [-0.39, 0.29) is 0 Å². The van der Waals surface area contributed by atoms with E-state index in [1.807, 2.05) is 0 Å². The summed E-state index contributed by atoms with van der Waals surface area (Å²) in [6.07, 6.45) is 13.4. The summed E-state index contributed by atoms with van der Waals surface area (Å²) >= 11 is 0. The molecule has 0 radical (unpaired) electrons. The summed E-state index contributed by atoms with van der Waals surface area (Å²) in [5, 5.41) is 3.84. The molecule has 0 aromatic heterocycles. The molecular weight excluding hydrogens is 208 g/mol. The summed E-state index contributed by atoms with van der Waals surface area (Å²) in [4.78, 5) is 0. The van der Waals surface area contributed by atoms with Crippen LogP contribution in [0, 0.1) is 11.8 Å². The smallest absolute Gasteiger partial charge is 0.0335 e. The van der Waals surface area contributed by atoms with Crippen molar-refractivity contribution >= 4 is 0 Å². The summed E-state index contributed by atoms with van der Waals surface area (Å²) in [6.45, 7) is 1.99. The lowest BCUT2D eigenvalue weighted by Gasteiger charge is -2.38. The predicted molar refractivity (Wildman–Crippen MR) is 71.8 cm³/mol. The van der Waals surface area contributed by atoms with E-state index >= 15 is 0 Å². The van der Waals surface area contributed by atoms with Gasteiger partial charge in [-0.25, -0.2) is 0 Å². The lowest BCUT2D eigenvalue weighted by Crippen LogP contribution is -2.55. The number of allylic oxidation sites excluding steroid dienone is 1. The third kappa shape index (κ3) is 2.17. The monoisotopic (exact) mass is 234 g/mol. The largest absolute Gasteiger partial charge is 0.329 e. The van der Waals surface area contributed by atoms with Crippen molar-refractivity contribution in [2.45, 2.75) is 56.9 Å². The standard InChI is InChI=1S/C15H26N2/c16-11-15(10-13-5-6-14(15)9-13)17-8-7-12-3-1-2-4-12/h3,13-14,17H,1-2,4-11,16H2. The fourth-order valence-electron chi connectivity index (χ4n) is 4.42. The maximum Gasteiger partial charge on any atom is 0.0335 e. The van der Waals surface area contributed by atoms with Gasteiger partial charge in [-0.2, -0.15) is 0 Å². The molecule has 0 amide bonds. The van der Waals surface area contributed by atoms with Crippen molar-refractivity contribution in [1.82, 2.24) is 5.32 Å². The number of fused-ring (bicyclic) bond motifs is 2. The van der Waals surface area contributed by atoms with Crippen molar-refractivity contribution in [3.8, 4) is 0 Å². The molecule has 2 nitrogen and oxygen atoms in total. The van der Waals surface area contributed by atoms with Gasteiger partial charge in [0, 0.05) is 12.1 Å². The van der Waals surface area contributed by atoms with Crippen LogP contribution in [-0.4, -0.2) is 18.6 Å². The minimum atomic E-state index is 0.308. The molecule has 3 atom stereocenters. The van der Waals surface area contributed by atoms with Crippen LogP contribution in [0.1, 0.15) is 51.4 Å². The number of rotatable bonds is 5. The van der Waals surface area contributed by atoms with Crippen LogP contribution < -0.4 is 11.1 Å². The number of nitrogens with one attached hydrogen (secondary N) is 1. The highest BCUT2D eigenvalue weighted by molar-refractivity contribution is 5.10. The van der Waals surface area contributed by atoms with Gasteiger partial charge in [-0.05, 0) is 63.3 Å². The molecule has 3 rings (SSSR count). The van der Waals surface area contributed by atoms with E-state index in [1.54, 1.807) is 5.57 Å². The quantitative estimate of drug-likeness (QED) is 0.718. The first-order chi connectivity index (χ1) is 8.32. The molecule has 0 aromatic carbocycles. The first-order valence-electron chi connectivity index (χ1n) is 7.45. The fraction of sp³-hybridized carbons (Fsp3) is 0.867. The molecule has 2 saturated carbocycles. The van der Waals surface area contributed by atoms with Gasteiger partial charge < -0.3 is 11.1 Å². The van der Waals surface area contributed by atoms with Gasteiger partial charge in [0.1, 0.15) is 0 Å². The van der Waals surface area contributed by atoms with Crippen molar-refractivity contribution < 1.29 is 0 Å². The molecular formula is C15H26N2. The highest BCUT2D eigenvalue weighted by atomic mass is 15.0. The van der Waals surface area contributed by atoms with Crippen molar-refractivity contribution in [1.29, 1.82) is 0 Å². The molecule has 0 spiro atoms. The molecule has 2 bridgehead atoms. The van der Waals surface area contributed by atoms with E-state index in [4.69, 9.17) is 5.73 Å². The molecule has 0 heterocycles. The highest BCUT2D eigenvalue weighted by Gasteiger charge is 2.49.